The summed E-state index contributed by atoms with van der Waals surface area (Å²) >= 11 is 4.39. The van der Waals surface area contributed by atoms with Gasteiger partial charge >= 0.3 is 5.69 Å². The van der Waals surface area contributed by atoms with E-state index < -0.39 is 22.4 Å². The summed E-state index contributed by atoms with van der Waals surface area (Å²) in [7, 11) is 3.15. The van der Waals surface area contributed by atoms with Crippen molar-refractivity contribution in [3.05, 3.63) is 117 Å². The first-order valence-corrected chi connectivity index (χ1v) is 13.9. The lowest BCUT2D eigenvalue weighted by atomic mass is 9.83. The average Bonchev–Trinajstić information content (AvgIpc) is 3.27. The molecule has 1 aromatic heterocycles. The SMILES string of the molecule is COc1ccc(C2C3=C(N=c4sc(=Cc5cc(Br)c(O)c([N+](=O)[O-])c5)c(=O)n42)c2ccccc2CC3)cc1OC. The number of aromatic nitrogens is 1. The first-order chi connectivity index (χ1) is 19.3. The number of nitrogens with zero attached hydrogens (tertiary/aromatic N) is 3. The highest BCUT2D eigenvalue weighted by molar-refractivity contribution is 9.10. The molecular formula is C29H22BrN3O6S. The van der Waals surface area contributed by atoms with E-state index in [9.17, 15) is 20.0 Å². The molecule has 0 bridgehead atoms. The van der Waals surface area contributed by atoms with Gasteiger partial charge < -0.3 is 14.6 Å². The lowest BCUT2D eigenvalue weighted by Crippen LogP contribution is -2.38. The zero-order chi connectivity index (χ0) is 28.1. The minimum absolute atomic E-state index is 0.163. The van der Waals surface area contributed by atoms with Gasteiger partial charge in [0.2, 0.25) is 5.75 Å². The van der Waals surface area contributed by atoms with Crippen LogP contribution in [-0.4, -0.2) is 28.8 Å². The highest BCUT2D eigenvalue weighted by Crippen LogP contribution is 2.43. The summed E-state index contributed by atoms with van der Waals surface area (Å²) in [6.45, 7) is 0. The Morgan fingerprint density at radius 3 is 2.65 bits per heavy atom. The quantitative estimate of drug-likeness (QED) is 0.255. The zero-order valence-electron chi connectivity index (χ0n) is 21.4. The maximum atomic E-state index is 14.0. The Balaban J connectivity index is 1.61. The van der Waals surface area contributed by atoms with E-state index in [1.807, 2.05) is 30.3 Å². The molecule has 0 radical (unpaired) electrons. The van der Waals surface area contributed by atoms with Crippen LogP contribution in [0.3, 0.4) is 0 Å². The highest BCUT2D eigenvalue weighted by atomic mass is 79.9. The second kappa shape index (κ2) is 10.1. The number of nitro groups is 1. The fourth-order valence-corrected chi connectivity index (χ4v) is 6.79. The van der Waals surface area contributed by atoms with Crippen molar-refractivity contribution in [2.75, 3.05) is 14.2 Å². The third-order valence-electron chi connectivity index (χ3n) is 7.16. The number of rotatable bonds is 5. The molecular weight excluding hydrogens is 598 g/mol. The number of thiazole rings is 1. The first kappa shape index (κ1) is 26.0. The van der Waals surface area contributed by atoms with Crippen LogP contribution in [0.4, 0.5) is 5.69 Å². The van der Waals surface area contributed by atoms with Gasteiger partial charge in [-0.05, 0) is 75.3 Å². The van der Waals surface area contributed by atoms with Crippen LogP contribution in [-0.2, 0) is 6.42 Å². The number of allylic oxidation sites excluding steroid dienone is 1. The van der Waals surface area contributed by atoms with Crippen molar-refractivity contribution < 1.29 is 19.5 Å². The molecule has 0 fully saturated rings. The van der Waals surface area contributed by atoms with Gasteiger partial charge in [-0.25, -0.2) is 4.99 Å². The van der Waals surface area contributed by atoms with Crippen LogP contribution < -0.4 is 24.4 Å². The molecule has 4 aromatic rings. The van der Waals surface area contributed by atoms with E-state index in [4.69, 9.17) is 14.5 Å². The van der Waals surface area contributed by atoms with Gasteiger partial charge in [0.25, 0.3) is 5.56 Å². The van der Waals surface area contributed by atoms with Crippen LogP contribution in [0.25, 0.3) is 11.8 Å². The number of halogens is 1. The van der Waals surface area contributed by atoms with E-state index in [1.54, 1.807) is 24.9 Å². The number of benzene rings is 3. The molecule has 0 spiro atoms. The highest BCUT2D eigenvalue weighted by Gasteiger charge is 2.33. The molecule has 9 nitrogen and oxygen atoms in total. The Morgan fingerprint density at radius 2 is 1.90 bits per heavy atom. The molecule has 1 unspecified atom stereocenters. The predicted molar refractivity (Wildman–Crippen MR) is 155 cm³/mol. The predicted octanol–water partition coefficient (Wildman–Crippen LogP) is 4.71. The minimum Gasteiger partial charge on any atom is -0.501 e. The molecule has 1 aliphatic carbocycles. The maximum absolute atomic E-state index is 14.0. The molecule has 6 rings (SSSR count). The van der Waals surface area contributed by atoms with Crippen LogP contribution in [0.5, 0.6) is 17.2 Å². The molecule has 202 valence electrons. The van der Waals surface area contributed by atoms with Gasteiger partial charge in [-0.1, -0.05) is 41.7 Å². The van der Waals surface area contributed by atoms with Crippen molar-refractivity contribution in [1.82, 2.24) is 4.57 Å². The summed E-state index contributed by atoms with van der Waals surface area (Å²) in [4.78, 5) is 30.3. The Hall–Kier alpha value is -4.22. The summed E-state index contributed by atoms with van der Waals surface area (Å²) in [5.74, 6) is 0.670. The second-order valence-corrected chi connectivity index (χ2v) is 11.2. The smallest absolute Gasteiger partial charge is 0.312 e. The van der Waals surface area contributed by atoms with Crippen molar-refractivity contribution in [2.45, 2.75) is 18.9 Å². The molecule has 0 amide bonds. The fourth-order valence-electron chi connectivity index (χ4n) is 5.32. The summed E-state index contributed by atoms with van der Waals surface area (Å²) in [6, 6.07) is 16.2. The Kier molecular flexibility index (Phi) is 6.55. The number of phenols is 1. The minimum atomic E-state index is -0.665. The molecule has 2 aliphatic rings. The van der Waals surface area contributed by atoms with Crippen LogP contribution in [0.1, 0.15) is 34.7 Å². The molecule has 40 heavy (non-hydrogen) atoms. The second-order valence-electron chi connectivity index (χ2n) is 9.36. The normalized spacial score (nSPS) is 16.1. The number of methoxy groups -OCH3 is 2. The fraction of sp³-hybridized carbons (Fsp3) is 0.172. The van der Waals surface area contributed by atoms with Gasteiger partial charge in [0.05, 0.1) is 39.9 Å². The third kappa shape index (κ3) is 4.22. The molecule has 1 aliphatic heterocycles. The number of hydrogen-bond acceptors (Lipinski definition) is 8. The number of aryl methyl sites for hydroxylation is 1. The van der Waals surface area contributed by atoms with E-state index in [0.29, 0.717) is 26.4 Å². The lowest BCUT2D eigenvalue weighted by Gasteiger charge is -2.31. The standard InChI is InChI=1S/C29H22BrN3O6S/c1-38-22-10-8-17(14-23(22)39-2)26-19-9-7-16-5-3-4-6-18(16)25(19)31-29-32(26)28(35)24(40-29)13-15-11-20(30)27(34)21(12-15)33(36)37/h3-6,8,10-14,26,34H,7,9H2,1-2H3. The zero-order valence-corrected chi connectivity index (χ0v) is 23.8. The first-order valence-electron chi connectivity index (χ1n) is 12.3. The number of phenolic OH excluding ortho intramolecular Hbond substituents is 1. The lowest BCUT2D eigenvalue weighted by molar-refractivity contribution is -0.386. The van der Waals surface area contributed by atoms with Crippen molar-refractivity contribution in [2.24, 2.45) is 4.99 Å². The Morgan fingerprint density at radius 1 is 1.12 bits per heavy atom. The molecule has 0 saturated heterocycles. The molecule has 1 atom stereocenters. The molecule has 0 saturated carbocycles. The number of aromatic hydroxyl groups is 1. The van der Waals surface area contributed by atoms with Crippen LogP contribution in [0.15, 0.2) is 74.4 Å². The van der Waals surface area contributed by atoms with Gasteiger partial charge in [0.15, 0.2) is 16.3 Å². The van der Waals surface area contributed by atoms with Crippen molar-refractivity contribution in [3.8, 4) is 17.2 Å². The van der Waals surface area contributed by atoms with Gasteiger partial charge in [0.1, 0.15) is 0 Å². The van der Waals surface area contributed by atoms with Crippen molar-refractivity contribution in [1.29, 1.82) is 0 Å². The van der Waals surface area contributed by atoms with Crippen LogP contribution in [0, 0.1) is 10.1 Å². The van der Waals surface area contributed by atoms with E-state index >= 15 is 0 Å². The van der Waals surface area contributed by atoms with E-state index in [-0.39, 0.29) is 10.0 Å². The molecule has 2 heterocycles. The van der Waals surface area contributed by atoms with Crippen LogP contribution in [0.2, 0.25) is 0 Å². The van der Waals surface area contributed by atoms with E-state index in [0.717, 1.165) is 35.2 Å². The molecule has 11 heteroatoms. The topological polar surface area (TPSA) is 116 Å². The monoisotopic (exact) mass is 619 g/mol. The van der Waals surface area contributed by atoms with Gasteiger partial charge in [-0.15, -0.1) is 0 Å². The number of nitro benzene ring substituents is 1. The Labute approximate surface area is 240 Å². The van der Waals surface area contributed by atoms with Gasteiger partial charge in [0, 0.05) is 11.6 Å². The summed E-state index contributed by atoms with van der Waals surface area (Å²) < 4.78 is 13.2. The summed E-state index contributed by atoms with van der Waals surface area (Å²) in [5.41, 5.74) is 4.68. The van der Waals surface area contributed by atoms with E-state index in [1.165, 1.54) is 29.0 Å². The summed E-state index contributed by atoms with van der Waals surface area (Å²) in [5, 5.41) is 21.5. The van der Waals surface area contributed by atoms with Crippen molar-refractivity contribution >= 4 is 44.7 Å². The van der Waals surface area contributed by atoms with Crippen molar-refractivity contribution in [3.63, 3.8) is 0 Å². The number of hydrogen-bond donors (Lipinski definition) is 1. The average molecular weight is 620 g/mol. The summed E-state index contributed by atoms with van der Waals surface area (Å²) in [6.07, 6.45) is 3.14. The van der Waals surface area contributed by atoms with Gasteiger partial charge in [-0.3, -0.25) is 19.5 Å². The molecule has 1 N–H and O–H groups in total. The van der Waals surface area contributed by atoms with E-state index in [2.05, 4.69) is 28.1 Å². The Bertz CT molecular complexity index is 1930. The third-order valence-corrected chi connectivity index (χ3v) is 8.74. The molecule has 3 aromatic carbocycles. The van der Waals surface area contributed by atoms with Gasteiger partial charge in [-0.2, -0.15) is 0 Å². The number of fused-ring (bicyclic) bond motifs is 3. The number of ether oxygens (including phenoxy) is 2. The largest absolute Gasteiger partial charge is 0.501 e. The maximum Gasteiger partial charge on any atom is 0.312 e. The van der Waals surface area contributed by atoms with Crippen LogP contribution >= 0.6 is 27.3 Å².